The van der Waals surface area contributed by atoms with E-state index in [0.717, 1.165) is 30.2 Å². The Balaban J connectivity index is 2.04. The molecule has 0 saturated heterocycles. The average Bonchev–Trinajstić information content (AvgIpc) is 2.85. The van der Waals surface area contributed by atoms with Crippen molar-refractivity contribution in [3.63, 3.8) is 0 Å². The maximum atomic E-state index is 12.9. The van der Waals surface area contributed by atoms with Gasteiger partial charge in [-0.15, -0.1) is 0 Å². The van der Waals surface area contributed by atoms with Gasteiger partial charge in [0.15, 0.2) is 0 Å². The van der Waals surface area contributed by atoms with Crippen LogP contribution in [0.4, 0.5) is 5.69 Å². The molecule has 3 rings (SSSR count). The molecule has 0 fully saturated rings. The number of aliphatic imine (C=N–C) groups is 1. The van der Waals surface area contributed by atoms with Crippen molar-refractivity contribution in [1.82, 2.24) is 0 Å². The van der Waals surface area contributed by atoms with Crippen LogP contribution in [0.25, 0.3) is 0 Å². The molecule has 2 aromatic carbocycles. The van der Waals surface area contributed by atoms with Crippen molar-refractivity contribution in [3.8, 4) is 0 Å². The Morgan fingerprint density at radius 2 is 1.87 bits per heavy atom. The van der Waals surface area contributed by atoms with Crippen molar-refractivity contribution in [2.75, 3.05) is 5.32 Å². The molecule has 5 nitrogen and oxygen atoms in total. The zero-order valence-electron chi connectivity index (χ0n) is 17.0. The first-order chi connectivity index (χ1) is 14.4. The second-order valence-electron chi connectivity index (χ2n) is 7.20. The first kappa shape index (κ1) is 22.5. The van der Waals surface area contributed by atoms with Crippen molar-refractivity contribution in [3.05, 3.63) is 63.1 Å². The third kappa shape index (κ3) is 5.10. The lowest BCUT2D eigenvalue weighted by atomic mass is 9.99. The fourth-order valence-electron chi connectivity index (χ4n) is 3.49. The molecule has 0 spiro atoms. The molecule has 30 heavy (non-hydrogen) atoms. The summed E-state index contributed by atoms with van der Waals surface area (Å²) in [4.78, 5) is 30.2. The van der Waals surface area contributed by atoms with Crippen molar-refractivity contribution in [2.45, 2.75) is 45.8 Å². The van der Waals surface area contributed by atoms with Gasteiger partial charge in [0.25, 0.3) is 12.1 Å². The molecule has 0 bridgehead atoms. The maximum absolute atomic E-state index is 12.9. The number of esters is 1. The van der Waals surface area contributed by atoms with Crippen LogP contribution in [0.5, 0.6) is 0 Å². The number of nitrogens with zero attached hydrogens (tertiary/aromatic N) is 1. The number of benzene rings is 2. The highest BCUT2D eigenvalue weighted by molar-refractivity contribution is 9.10. The molecule has 1 aliphatic heterocycles. The lowest BCUT2D eigenvalue weighted by molar-refractivity contribution is -0.158. The Hall–Kier alpha value is -2.18. The van der Waals surface area contributed by atoms with Crippen LogP contribution >= 0.6 is 27.5 Å². The van der Waals surface area contributed by atoms with E-state index >= 15 is 0 Å². The Morgan fingerprint density at radius 3 is 2.53 bits per heavy atom. The zero-order valence-corrected chi connectivity index (χ0v) is 19.3. The van der Waals surface area contributed by atoms with Crippen molar-refractivity contribution >= 4 is 50.8 Å². The molecule has 0 radical (unpaired) electrons. The Morgan fingerprint density at radius 1 is 1.17 bits per heavy atom. The molecule has 1 aliphatic rings. The fourth-order valence-corrected chi connectivity index (χ4v) is 4.08. The number of hydrogen-bond donors (Lipinski definition) is 1. The Bertz CT molecular complexity index is 971. The van der Waals surface area contributed by atoms with Gasteiger partial charge in [-0.3, -0.25) is 9.59 Å². The van der Waals surface area contributed by atoms with Gasteiger partial charge >= 0.3 is 5.97 Å². The van der Waals surface area contributed by atoms with E-state index in [4.69, 9.17) is 16.3 Å². The molecule has 2 aromatic rings. The minimum atomic E-state index is -1.29. The number of carbonyl (C=O) groups excluding carboxylic acids is 2. The largest absolute Gasteiger partial charge is 0.430 e. The van der Waals surface area contributed by atoms with E-state index in [9.17, 15) is 9.59 Å². The number of ether oxygens (including phenoxy) is 1. The topological polar surface area (TPSA) is 67.8 Å². The number of fused-ring (bicyclic) bond motifs is 1. The molecule has 1 N–H and O–H groups in total. The summed E-state index contributed by atoms with van der Waals surface area (Å²) in [6, 6.07) is 12.7. The van der Waals surface area contributed by atoms with Gasteiger partial charge in [-0.25, -0.2) is 4.99 Å². The normalized spacial score (nSPS) is 15.8. The van der Waals surface area contributed by atoms with Crippen LogP contribution < -0.4 is 5.32 Å². The summed E-state index contributed by atoms with van der Waals surface area (Å²) >= 11 is 9.91. The summed E-state index contributed by atoms with van der Waals surface area (Å²) in [5.41, 5.74) is 2.44. The summed E-state index contributed by atoms with van der Waals surface area (Å²) in [5.74, 6) is -1.12. The summed E-state index contributed by atoms with van der Waals surface area (Å²) in [5, 5.41) is 3.33. The number of nitrogens with one attached hydrogen (secondary N) is 1. The molecular weight excluding hydrogens is 468 g/mol. The van der Waals surface area contributed by atoms with Gasteiger partial charge in [-0.05, 0) is 37.1 Å². The highest BCUT2D eigenvalue weighted by atomic mass is 79.9. The molecular formula is C23H24BrClN2O3. The van der Waals surface area contributed by atoms with E-state index in [1.807, 2.05) is 44.2 Å². The van der Waals surface area contributed by atoms with Gasteiger partial charge in [0, 0.05) is 20.6 Å². The molecule has 1 heterocycles. The van der Waals surface area contributed by atoms with Crippen molar-refractivity contribution < 1.29 is 14.3 Å². The zero-order chi connectivity index (χ0) is 21.7. The summed E-state index contributed by atoms with van der Waals surface area (Å²) in [7, 11) is 0. The van der Waals surface area contributed by atoms with Crippen LogP contribution in [0.2, 0.25) is 5.02 Å². The summed E-state index contributed by atoms with van der Waals surface area (Å²) in [6.07, 6.45) is 1.88. The van der Waals surface area contributed by atoms with Crippen LogP contribution in [-0.2, 0) is 14.3 Å². The predicted molar refractivity (Wildman–Crippen MR) is 123 cm³/mol. The van der Waals surface area contributed by atoms with Crippen LogP contribution in [0.1, 0.15) is 50.7 Å². The van der Waals surface area contributed by atoms with E-state index in [0.29, 0.717) is 27.5 Å². The number of hydrogen-bond acceptors (Lipinski definition) is 4. The minimum absolute atomic E-state index is 0.244. The lowest BCUT2D eigenvalue weighted by Crippen LogP contribution is -2.33. The quantitative estimate of drug-likeness (QED) is 0.485. The van der Waals surface area contributed by atoms with Crippen LogP contribution in [0, 0.1) is 5.92 Å². The van der Waals surface area contributed by atoms with E-state index < -0.39 is 18.1 Å². The molecule has 1 amide bonds. The second kappa shape index (κ2) is 10.2. The highest BCUT2D eigenvalue weighted by Crippen LogP contribution is 2.30. The van der Waals surface area contributed by atoms with Crippen LogP contribution in [0.3, 0.4) is 0 Å². The SMILES string of the molecule is CCCC(CCC)C(=O)O[C@@H]1N=C(c2ccccc2Cl)c2cc(Br)ccc2NC1=O. The van der Waals surface area contributed by atoms with Crippen molar-refractivity contribution in [1.29, 1.82) is 0 Å². The van der Waals surface area contributed by atoms with Crippen LogP contribution in [0.15, 0.2) is 51.9 Å². The van der Waals surface area contributed by atoms with Crippen LogP contribution in [-0.4, -0.2) is 23.8 Å². The summed E-state index contributed by atoms with van der Waals surface area (Å²) in [6.45, 7) is 4.05. The smallest absolute Gasteiger partial charge is 0.311 e. The molecule has 1 atom stereocenters. The monoisotopic (exact) mass is 490 g/mol. The lowest BCUT2D eigenvalue weighted by Gasteiger charge is -2.18. The number of amides is 1. The maximum Gasteiger partial charge on any atom is 0.311 e. The Kier molecular flexibility index (Phi) is 7.67. The number of benzodiazepines with no additional fused rings is 1. The third-order valence-electron chi connectivity index (χ3n) is 4.93. The van der Waals surface area contributed by atoms with E-state index in [1.165, 1.54) is 0 Å². The molecule has 7 heteroatoms. The van der Waals surface area contributed by atoms with Gasteiger partial charge in [0.05, 0.1) is 17.3 Å². The summed E-state index contributed by atoms with van der Waals surface area (Å²) < 4.78 is 6.44. The third-order valence-corrected chi connectivity index (χ3v) is 5.75. The first-order valence-corrected chi connectivity index (χ1v) is 11.3. The molecule has 158 valence electrons. The average molecular weight is 492 g/mol. The number of carbonyl (C=O) groups is 2. The predicted octanol–water partition coefficient (Wildman–Crippen LogP) is 5.98. The number of anilines is 1. The molecule has 0 aromatic heterocycles. The van der Waals surface area contributed by atoms with E-state index in [-0.39, 0.29) is 5.92 Å². The number of rotatable bonds is 7. The second-order valence-corrected chi connectivity index (χ2v) is 8.52. The standard InChI is InChI=1S/C23H24BrClN2O3/c1-3-7-14(8-4-2)23(29)30-22-21(28)26-19-12-11-15(24)13-17(19)20(27-22)16-9-5-6-10-18(16)25/h5-6,9-14,22H,3-4,7-8H2,1-2H3,(H,26,28)/t22-/m0/s1. The highest BCUT2D eigenvalue weighted by Gasteiger charge is 2.31. The van der Waals surface area contributed by atoms with Gasteiger partial charge in [-0.1, -0.05) is 72.4 Å². The van der Waals surface area contributed by atoms with E-state index in [2.05, 4.69) is 26.2 Å². The van der Waals surface area contributed by atoms with Gasteiger partial charge in [0.2, 0.25) is 0 Å². The first-order valence-electron chi connectivity index (χ1n) is 10.1. The fraction of sp³-hybridized carbons (Fsp3) is 0.348. The minimum Gasteiger partial charge on any atom is -0.430 e. The molecule has 0 aliphatic carbocycles. The number of halogens is 2. The van der Waals surface area contributed by atoms with Gasteiger partial charge in [-0.2, -0.15) is 0 Å². The molecule has 0 saturated carbocycles. The van der Waals surface area contributed by atoms with Gasteiger partial charge in [0.1, 0.15) is 0 Å². The van der Waals surface area contributed by atoms with Gasteiger partial charge < -0.3 is 10.1 Å². The Labute approximate surface area is 190 Å². The van der Waals surface area contributed by atoms with E-state index in [1.54, 1.807) is 12.1 Å². The molecule has 0 unspecified atom stereocenters. The van der Waals surface area contributed by atoms with Crippen molar-refractivity contribution in [2.24, 2.45) is 10.9 Å².